The summed E-state index contributed by atoms with van der Waals surface area (Å²) >= 11 is 6.21. The Labute approximate surface area is 217 Å². The lowest BCUT2D eigenvalue weighted by atomic mass is 9.94. The van der Waals surface area contributed by atoms with Crippen molar-refractivity contribution in [1.82, 2.24) is 5.32 Å². The average molecular weight is 505 g/mol. The molecule has 1 atom stereocenters. The fourth-order valence-electron chi connectivity index (χ4n) is 4.75. The van der Waals surface area contributed by atoms with Gasteiger partial charge in [-0.3, -0.25) is 4.79 Å². The minimum absolute atomic E-state index is 0.324. The summed E-state index contributed by atoms with van der Waals surface area (Å²) in [5.41, 5.74) is 6.57. The number of carboxylic acids is 1. The van der Waals surface area contributed by atoms with Crippen molar-refractivity contribution in [3.63, 3.8) is 0 Å². The zero-order valence-electron chi connectivity index (χ0n) is 21.2. The molecule has 0 heterocycles. The van der Waals surface area contributed by atoms with Crippen molar-refractivity contribution in [2.24, 2.45) is 0 Å². The average Bonchev–Trinajstić information content (AvgIpc) is 3.62. The van der Waals surface area contributed by atoms with Crippen molar-refractivity contribution in [3.8, 4) is 11.1 Å². The lowest BCUT2D eigenvalue weighted by Gasteiger charge is -2.19. The predicted octanol–water partition coefficient (Wildman–Crippen LogP) is 6.88. The number of aryl methyl sites for hydroxylation is 3. The first kappa shape index (κ1) is 25.8. The molecular formula is C30H33ClN2O3. The number of hydrogen-bond acceptors (Lipinski definition) is 3. The minimum atomic E-state index is -1.10. The first-order valence-electron chi connectivity index (χ1n) is 12.4. The van der Waals surface area contributed by atoms with Crippen LogP contribution in [0.2, 0.25) is 5.02 Å². The van der Waals surface area contributed by atoms with E-state index in [1.54, 1.807) is 0 Å². The number of halogens is 1. The molecule has 1 amide bonds. The van der Waals surface area contributed by atoms with E-state index in [2.05, 4.69) is 47.9 Å². The van der Waals surface area contributed by atoms with Crippen LogP contribution in [0.1, 0.15) is 64.7 Å². The maximum Gasteiger partial charge on any atom is 0.329 e. The second-order valence-corrected chi connectivity index (χ2v) is 10.3. The van der Waals surface area contributed by atoms with Crippen LogP contribution >= 0.6 is 11.6 Å². The topological polar surface area (TPSA) is 78.4 Å². The van der Waals surface area contributed by atoms with Crippen molar-refractivity contribution in [1.29, 1.82) is 0 Å². The van der Waals surface area contributed by atoms with E-state index in [-0.39, 0.29) is 5.91 Å². The number of carbonyl (C=O) groups is 2. The van der Waals surface area contributed by atoms with Gasteiger partial charge in [-0.2, -0.15) is 0 Å². The quantitative estimate of drug-likeness (QED) is 0.296. The molecule has 6 heteroatoms. The van der Waals surface area contributed by atoms with Crippen LogP contribution in [0.4, 0.5) is 5.69 Å². The monoisotopic (exact) mass is 504 g/mol. The van der Waals surface area contributed by atoms with Crippen LogP contribution in [0.25, 0.3) is 11.1 Å². The molecule has 0 saturated heterocycles. The van der Waals surface area contributed by atoms with Crippen molar-refractivity contribution in [2.45, 2.75) is 58.4 Å². The third-order valence-electron chi connectivity index (χ3n) is 7.17. The molecule has 0 bridgehead atoms. The van der Waals surface area contributed by atoms with Crippen molar-refractivity contribution in [3.05, 3.63) is 87.4 Å². The molecule has 1 saturated carbocycles. The van der Waals surface area contributed by atoms with E-state index in [1.165, 1.54) is 5.56 Å². The van der Waals surface area contributed by atoms with Crippen LogP contribution in [0.15, 0.2) is 54.6 Å². The van der Waals surface area contributed by atoms with E-state index in [0.29, 0.717) is 24.3 Å². The summed E-state index contributed by atoms with van der Waals surface area (Å²) < 4.78 is 0. The van der Waals surface area contributed by atoms with E-state index >= 15 is 0 Å². The van der Waals surface area contributed by atoms with Crippen LogP contribution in [-0.4, -0.2) is 29.1 Å². The number of benzene rings is 3. The van der Waals surface area contributed by atoms with Gasteiger partial charge in [-0.25, -0.2) is 4.79 Å². The van der Waals surface area contributed by atoms with Gasteiger partial charge >= 0.3 is 5.97 Å². The molecule has 0 aliphatic heterocycles. The second-order valence-electron chi connectivity index (χ2n) is 9.90. The largest absolute Gasteiger partial charge is 0.480 e. The number of hydrogen-bond donors (Lipinski definition) is 3. The van der Waals surface area contributed by atoms with E-state index in [4.69, 9.17) is 11.6 Å². The number of anilines is 1. The Kier molecular flexibility index (Phi) is 7.41. The molecule has 0 unspecified atom stereocenters. The van der Waals surface area contributed by atoms with Gasteiger partial charge in [-0.1, -0.05) is 54.9 Å². The summed E-state index contributed by atoms with van der Waals surface area (Å²) in [5.74, 6) is -0.925. The van der Waals surface area contributed by atoms with Crippen LogP contribution < -0.4 is 10.6 Å². The van der Waals surface area contributed by atoms with Gasteiger partial charge in [0, 0.05) is 28.7 Å². The van der Waals surface area contributed by atoms with E-state index in [1.807, 2.05) is 45.0 Å². The summed E-state index contributed by atoms with van der Waals surface area (Å²) in [6.07, 6.45) is 1.96. The number of amides is 1. The molecule has 4 rings (SSSR count). The SMILES string of the molecule is CC[C@@H](CNc1cccc(-c2cc(C)c(C(=O)NC3(C(=O)O)CC3)c(C)c2)c1)c1ccc(Cl)c(C)c1. The highest BCUT2D eigenvalue weighted by molar-refractivity contribution is 6.31. The Morgan fingerprint density at radius 1 is 0.972 bits per heavy atom. The molecule has 3 aromatic rings. The molecule has 5 nitrogen and oxygen atoms in total. The molecule has 36 heavy (non-hydrogen) atoms. The fraction of sp³-hybridized carbons (Fsp3) is 0.333. The van der Waals surface area contributed by atoms with E-state index in [9.17, 15) is 14.7 Å². The maximum atomic E-state index is 12.9. The molecule has 1 aliphatic carbocycles. The van der Waals surface area contributed by atoms with Gasteiger partial charge in [0.15, 0.2) is 0 Å². The Morgan fingerprint density at radius 3 is 2.25 bits per heavy atom. The summed E-state index contributed by atoms with van der Waals surface area (Å²) in [7, 11) is 0. The molecule has 3 aromatic carbocycles. The summed E-state index contributed by atoms with van der Waals surface area (Å²) in [4.78, 5) is 24.4. The number of aliphatic carboxylic acids is 1. The van der Waals surface area contributed by atoms with Gasteiger partial charge in [-0.15, -0.1) is 0 Å². The molecule has 188 valence electrons. The molecular weight excluding hydrogens is 472 g/mol. The van der Waals surface area contributed by atoms with Crippen LogP contribution in [0.3, 0.4) is 0 Å². The third-order valence-corrected chi connectivity index (χ3v) is 7.59. The van der Waals surface area contributed by atoms with Gasteiger partial charge < -0.3 is 15.7 Å². The Balaban J connectivity index is 1.50. The summed E-state index contributed by atoms with van der Waals surface area (Å²) in [6.45, 7) is 8.83. The zero-order valence-corrected chi connectivity index (χ0v) is 22.0. The van der Waals surface area contributed by atoms with E-state index in [0.717, 1.165) is 51.5 Å². The molecule has 0 radical (unpaired) electrons. The van der Waals surface area contributed by atoms with Crippen molar-refractivity contribution < 1.29 is 14.7 Å². The second kappa shape index (κ2) is 10.4. The number of rotatable bonds is 9. The normalized spacial score (nSPS) is 14.7. The Bertz CT molecular complexity index is 1290. The van der Waals surface area contributed by atoms with Gasteiger partial charge in [0.05, 0.1) is 0 Å². The lowest BCUT2D eigenvalue weighted by molar-refractivity contribution is -0.140. The number of nitrogens with one attached hydrogen (secondary N) is 2. The molecule has 1 fully saturated rings. The van der Waals surface area contributed by atoms with E-state index < -0.39 is 11.5 Å². The number of carbonyl (C=O) groups excluding carboxylic acids is 1. The zero-order chi connectivity index (χ0) is 26.0. The molecule has 0 aromatic heterocycles. The van der Waals surface area contributed by atoms with Gasteiger partial charge in [0.25, 0.3) is 5.91 Å². The Hall–Kier alpha value is -3.31. The summed E-state index contributed by atoms with van der Waals surface area (Å²) in [5, 5.41) is 16.5. The summed E-state index contributed by atoms with van der Waals surface area (Å²) in [6, 6.07) is 18.5. The lowest BCUT2D eigenvalue weighted by Crippen LogP contribution is -2.43. The standard InChI is InChI=1S/C30H33ClN2O3/c1-5-21(23-9-10-26(31)18(2)13-23)17-32-25-8-6-7-22(16-25)24-14-19(3)27(20(4)15-24)28(34)33-30(11-12-30)29(35)36/h6-10,13-16,21,32H,5,11-12,17H2,1-4H3,(H,33,34)(H,35,36)/t21-/m0/s1. The molecule has 1 aliphatic rings. The van der Waals surface area contributed by atoms with Crippen LogP contribution in [0, 0.1) is 20.8 Å². The highest BCUT2D eigenvalue weighted by atomic mass is 35.5. The van der Waals surface area contributed by atoms with Crippen LogP contribution in [-0.2, 0) is 4.79 Å². The third kappa shape index (κ3) is 5.41. The number of carboxylic acid groups (broad SMARTS) is 1. The van der Waals surface area contributed by atoms with Crippen LogP contribution in [0.5, 0.6) is 0 Å². The van der Waals surface area contributed by atoms with Gasteiger partial charge in [0.1, 0.15) is 5.54 Å². The molecule has 0 spiro atoms. The smallest absolute Gasteiger partial charge is 0.329 e. The minimum Gasteiger partial charge on any atom is -0.480 e. The highest BCUT2D eigenvalue weighted by Crippen LogP contribution is 2.36. The predicted molar refractivity (Wildman–Crippen MR) is 146 cm³/mol. The maximum absolute atomic E-state index is 12.9. The molecule has 3 N–H and O–H groups in total. The van der Waals surface area contributed by atoms with Crippen molar-refractivity contribution in [2.75, 3.05) is 11.9 Å². The Morgan fingerprint density at radius 2 is 1.67 bits per heavy atom. The van der Waals surface area contributed by atoms with Crippen molar-refractivity contribution >= 4 is 29.2 Å². The van der Waals surface area contributed by atoms with Gasteiger partial charge in [-0.05, 0) is 91.6 Å². The highest BCUT2D eigenvalue weighted by Gasteiger charge is 2.51. The van der Waals surface area contributed by atoms with Gasteiger partial charge in [0.2, 0.25) is 0 Å². The first-order chi connectivity index (χ1) is 17.1. The first-order valence-corrected chi connectivity index (χ1v) is 12.8. The fourth-order valence-corrected chi connectivity index (χ4v) is 4.87.